The maximum Gasteiger partial charge on any atom is 0.410 e. The average molecular weight is 363 g/mol. The van der Waals surface area contributed by atoms with Gasteiger partial charge in [-0.3, -0.25) is 4.79 Å². The van der Waals surface area contributed by atoms with Crippen molar-refractivity contribution in [1.29, 1.82) is 0 Å². The summed E-state index contributed by atoms with van der Waals surface area (Å²) >= 11 is 0. The Morgan fingerprint density at radius 3 is 2.38 bits per heavy atom. The van der Waals surface area contributed by atoms with Crippen LogP contribution in [0.3, 0.4) is 0 Å². The Bertz CT molecular complexity index is 651. The number of carbonyl (C=O) groups excluding carboxylic acids is 3. The SMILES string of the molecule is CN(CC(=O)NC1CN(C(=O)OC(C)(C)C)C1)OC(=O)c1ccccc1. The summed E-state index contributed by atoms with van der Waals surface area (Å²) in [6, 6.07) is 8.40. The van der Waals surface area contributed by atoms with Crippen molar-refractivity contribution >= 4 is 18.0 Å². The minimum absolute atomic E-state index is 0.0957. The molecule has 0 aliphatic carbocycles. The first-order chi connectivity index (χ1) is 12.1. The zero-order valence-electron chi connectivity index (χ0n) is 15.5. The quantitative estimate of drug-likeness (QED) is 0.796. The van der Waals surface area contributed by atoms with Gasteiger partial charge in [0.2, 0.25) is 5.91 Å². The van der Waals surface area contributed by atoms with Gasteiger partial charge in [-0.1, -0.05) is 18.2 Å². The van der Waals surface area contributed by atoms with Crippen LogP contribution >= 0.6 is 0 Å². The molecule has 2 rings (SSSR count). The molecule has 0 unspecified atom stereocenters. The molecule has 1 heterocycles. The molecule has 0 bridgehead atoms. The average Bonchev–Trinajstić information content (AvgIpc) is 2.49. The van der Waals surface area contributed by atoms with E-state index in [2.05, 4.69) is 5.32 Å². The van der Waals surface area contributed by atoms with E-state index in [0.29, 0.717) is 18.7 Å². The molecule has 26 heavy (non-hydrogen) atoms. The fraction of sp³-hybridized carbons (Fsp3) is 0.500. The van der Waals surface area contributed by atoms with E-state index < -0.39 is 17.7 Å². The van der Waals surface area contributed by atoms with Crippen LogP contribution < -0.4 is 5.32 Å². The van der Waals surface area contributed by atoms with E-state index in [1.165, 1.54) is 17.0 Å². The van der Waals surface area contributed by atoms with Crippen LogP contribution in [0, 0.1) is 0 Å². The van der Waals surface area contributed by atoms with Crippen LogP contribution in [0.1, 0.15) is 31.1 Å². The molecule has 0 saturated carbocycles. The number of ether oxygens (including phenoxy) is 1. The molecular formula is C18H25N3O5. The Hall–Kier alpha value is -2.61. The van der Waals surface area contributed by atoms with Crippen LogP contribution in [0.5, 0.6) is 0 Å². The molecule has 8 nitrogen and oxygen atoms in total. The number of rotatable bonds is 5. The third-order valence-corrected chi connectivity index (χ3v) is 3.51. The maximum atomic E-state index is 12.0. The number of hydrogen-bond donors (Lipinski definition) is 1. The predicted octanol–water partition coefficient (Wildman–Crippen LogP) is 1.43. The molecule has 1 aromatic rings. The summed E-state index contributed by atoms with van der Waals surface area (Å²) in [4.78, 5) is 42.4. The third kappa shape index (κ3) is 6.03. The topological polar surface area (TPSA) is 88.2 Å². The van der Waals surface area contributed by atoms with E-state index in [9.17, 15) is 14.4 Å². The number of hydroxylamine groups is 2. The van der Waals surface area contributed by atoms with Gasteiger partial charge in [-0.05, 0) is 32.9 Å². The molecule has 142 valence electrons. The Labute approximate surface area is 153 Å². The lowest BCUT2D eigenvalue weighted by Crippen LogP contribution is -2.62. The van der Waals surface area contributed by atoms with Crippen molar-refractivity contribution < 1.29 is 24.0 Å². The highest BCUT2D eigenvalue weighted by Gasteiger charge is 2.34. The molecule has 0 spiro atoms. The molecule has 0 radical (unpaired) electrons. The van der Waals surface area contributed by atoms with Gasteiger partial charge in [-0.15, -0.1) is 5.06 Å². The van der Waals surface area contributed by atoms with Crippen LogP contribution in [0.4, 0.5) is 4.79 Å². The van der Waals surface area contributed by atoms with Crippen molar-refractivity contribution in [2.24, 2.45) is 0 Å². The first kappa shape index (κ1) is 19.7. The fourth-order valence-corrected chi connectivity index (χ4v) is 2.32. The van der Waals surface area contributed by atoms with Gasteiger partial charge in [-0.2, -0.15) is 0 Å². The molecule has 2 amide bonds. The van der Waals surface area contributed by atoms with Crippen molar-refractivity contribution in [3.8, 4) is 0 Å². The van der Waals surface area contributed by atoms with E-state index in [0.717, 1.165) is 0 Å². The number of carbonyl (C=O) groups is 3. The highest BCUT2D eigenvalue weighted by Crippen LogP contribution is 2.15. The minimum atomic E-state index is -0.545. The Balaban J connectivity index is 1.68. The standard InChI is InChI=1S/C18H25N3O5/c1-18(2,3)25-17(24)21-10-14(11-21)19-15(22)12-20(4)26-16(23)13-8-6-5-7-9-13/h5-9,14H,10-12H2,1-4H3,(H,19,22). The van der Waals surface area contributed by atoms with Crippen LogP contribution in [-0.4, -0.2) is 66.3 Å². The number of likely N-dealkylation sites (N-methyl/N-ethyl adjacent to an activating group) is 1. The van der Waals surface area contributed by atoms with Crippen molar-refractivity contribution in [3.05, 3.63) is 35.9 Å². The van der Waals surface area contributed by atoms with Crippen molar-refractivity contribution in [1.82, 2.24) is 15.3 Å². The fourth-order valence-electron chi connectivity index (χ4n) is 2.32. The van der Waals surface area contributed by atoms with Gasteiger partial charge >= 0.3 is 12.1 Å². The molecule has 1 aliphatic heterocycles. The van der Waals surface area contributed by atoms with Gasteiger partial charge in [0.15, 0.2) is 0 Å². The van der Waals surface area contributed by atoms with Gasteiger partial charge in [0.25, 0.3) is 0 Å². The van der Waals surface area contributed by atoms with Crippen molar-refractivity contribution in [3.63, 3.8) is 0 Å². The molecule has 8 heteroatoms. The van der Waals surface area contributed by atoms with Crippen LogP contribution in [0.2, 0.25) is 0 Å². The molecule has 1 saturated heterocycles. The van der Waals surface area contributed by atoms with Crippen LogP contribution in [0.15, 0.2) is 30.3 Å². The van der Waals surface area contributed by atoms with Gasteiger partial charge in [0.05, 0.1) is 11.6 Å². The molecule has 0 aromatic heterocycles. The number of likely N-dealkylation sites (tertiary alicyclic amines) is 1. The van der Waals surface area contributed by atoms with Crippen molar-refractivity contribution in [2.45, 2.75) is 32.4 Å². The predicted molar refractivity (Wildman–Crippen MR) is 94.2 cm³/mol. The zero-order chi connectivity index (χ0) is 19.3. The summed E-state index contributed by atoms with van der Waals surface area (Å²) in [5.74, 6) is -0.817. The summed E-state index contributed by atoms with van der Waals surface area (Å²) < 4.78 is 5.25. The molecular weight excluding hydrogens is 338 g/mol. The Morgan fingerprint density at radius 2 is 1.81 bits per heavy atom. The van der Waals surface area contributed by atoms with E-state index in [1.54, 1.807) is 51.1 Å². The lowest BCUT2D eigenvalue weighted by Gasteiger charge is -2.40. The summed E-state index contributed by atoms with van der Waals surface area (Å²) in [6.45, 7) is 6.10. The molecule has 1 fully saturated rings. The number of nitrogens with zero attached hydrogens (tertiary/aromatic N) is 2. The summed E-state index contributed by atoms with van der Waals surface area (Å²) in [5, 5.41) is 3.96. The second-order valence-electron chi connectivity index (χ2n) is 7.18. The monoisotopic (exact) mass is 363 g/mol. The summed E-state index contributed by atoms with van der Waals surface area (Å²) in [6.07, 6.45) is -0.392. The largest absolute Gasteiger partial charge is 0.444 e. The molecule has 1 N–H and O–H groups in total. The normalized spacial score (nSPS) is 14.6. The maximum absolute atomic E-state index is 12.0. The number of hydrogen-bond acceptors (Lipinski definition) is 6. The van der Waals surface area contributed by atoms with Gasteiger partial charge in [-0.25, -0.2) is 9.59 Å². The highest BCUT2D eigenvalue weighted by molar-refractivity contribution is 5.89. The second-order valence-corrected chi connectivity index (χ2v) is 7.18. The molecule has 0 atom stereocenters. The number of amides is 2. The van der Waals surface area contributed by atoms with Crippen molar-refractivity contribution in [2.75, 3.05) is 26.7 Å². The van der Waals surface area contributed by atoms with Gasteiger partial charge < -0.3 is 19.8 Å². The van der Waals surface area contributed by atoms with E-state index in [4.69, 9.17) is 9.57 Å². The number of benzene rings is 1. The summed E-state index contributed by atoms with van der Waals surface area (Å²) in [7, 11) is 1.51. The molecule has 1 aromatic carbocycles. The highest BCUT2D eigenvalue weighted by atomic mass is 16.7. The van der Waals surface area contributed by atoms with Gasteiger partial charge in [0, 0.05) is 20.1 Å². The zero-order valence-corrected chi connectivity index (χ0v) is 15.5. The lowest BCUT2D eigenvalue weighted by molar-refractivity contribution is -0.136. The first-order valence-corrected chi connectivity index (χ1v) is 8.40. The third-order valence-electron chi connectivity index (χ3n) is 3.51. The van der Waals surface area contributed by atoms with E-state index in [-0.39, 0.29) is 18.5 Å². The first-order valence-electron chi connectivity index (χ1n) is 8.40. The minimum Gasteiger partial charge on any atom is -0.444 e. The van der Waals surface area contributed by atoms with Gasteiger partial charge in [0.1, 0.15) is 12.1 Å². The smallest absolute Gasteiger partial charge is 0.410 e. The van der Waals surface area contributed by atoms with Crippen LogP contribution in [-0.2, 0) is 14.4 Å². The van der Waals surface area contributed by atoms with Crippen LogP contribution in [0.25, 0.3) is 0 Å². The number of nitrogens with one attached hydrogen (secondary N) is 1. The van der Waals surface area contributed by atoms with E-state index in [1.807, 2.05) is 0 Å². The lowest BCUT2D eigenvalue weighted by atomic mass is 10.1. The summed E-state index contributed by atoms with van der Waals surface area (Å²) in [5.41, 5.74) is -0.136. The Morgan fingerprint density at radius 1 is 1.19 bits per heavy atom. The molecule has 1 aliphatic rings. The second kappa shape index (κ2) is 8.18. The van der Waals surface area contributed by atoms with E-state index >= 15 is 0 Å². The Kier molecular flexibility index (Phi) is 6.20.